The monoisotopic (exact) mass is 221 g/mol. The minimum Gasteiger partial charge on any atom is -0.370 e. The van der Waals surface area contributed by atoms with E-state index in [0.29, 0.717) is 5.92 Å². The molecular formula is C8H20ClN5. The fourth-order valence-electron chi connectivity index (χ4n) is 1.10. The topological polar surface area (TPSA) is 97.8 Å². The van der Waals surface area contributed by atoms with Crippen LogP contribution in [0.25, 0.3) is 0 Å². The van der Waals surface area contributed by atoms with Gasteiger partial charge in [0.15, 0.2) is 11.9 Å². The lowest BCUT2D eigenvalue weighted by Gasteiger charge is -2.22. The molecule has 14 heavy (non-hydrogen) atoms. The van der Waals surface area contributed by atoms with Crippen LogP contribution in [-0.4, -0.2) is 18.0 Å². The van der Waals surface area contributed by atoms with Gasteiger partial charge in [0.25, 0.3) is 0 Å². The number of hydrogen-bond acceptors (Lipinski definition) is 2. The van der Waals surface area contributed by atoms with E-state index in [4.69, 9.17) is 16.6 Å². The Kier molecular flexibility index (Phi) is 8.23. The van der Waals surface area contributed by atoms with Gasteiger partial charge in [-0.25, -0.2) is 0 Å². The van der Waals surface area contributed by atoms with Gasteiger partial charge in [-0.2, -0.15) is 0 Å². The van der Waals surface area contributed by atoms with Crippen LogP contribution in [0.2, 0.25) is 0 Å². The minimum absolute atomic E-state index is 0. The van der Waals surface area contributed by atoms with Crippen LogP contribution in [0.1, 0.15) is 27.2 Å². The first-order valence-corrected chi connectivity index (χ1v) is 4.43. The maximum atomic E-state index is 7.40. The van der Waals surface area contributed by atoms with Crippen LogP contribution in [0.15, 0.2) is 0 Å². The van der Waals surface area contributed by atoms with Crippen LogP contribution in [0.4, 0.5) is 0 Å². The number of guanidine groups is 2. The average Bonchev–Trinajstić information content (AvgIpc) is 1.98. The summed E-state index contributed by atoms with van der Waals surface area (Å²) in [6.45, 7) is 6.23. The maximum Gasteiger partial charge on any atom is 0.195 e. The molecule has 1 unspecified atom stereocenters. The van der Waals surface area contributed by atoms with Gasteiger partial charge < -0.3 is 11.1 Å². The van der Waals surface area contributed by atoms with E-state index in [0.717, 1.165) is 6.42 Å². The molecule has 0 saturated carbocycles. The molecule has 5 nitrogen and oxygen atoms in total. The summed E-state index contributed by atoms with van der Waals surface area (Å²) in [5, 5.41) is 19.7. The van der Waals surface area contributed by atoms with E-state index in [9.17, 15) is 0 Å². The second-order valence-corrected chi connectivity index (χ2v) is 3.32. The average molecular weight is 222 g/mol. The van der Waals surface area contributed by atoms with Crippen molar-refractivity contribution in [1.29, 1.82) is 10.8 Å². The molecule has 0 heterocycles. The van der Waals surface area contributed by atoms with E-state index >= 15 is 0 Å². The molecule has 0 radical (unpaired) electrons. The van der Waals surface area contributed by atoms with Crippen LogP contribution >= 0.6 is 12.4 Å². The minimum atomic E-state index is -0.212. The van der Waals surface area contributed by atoms with Gasteiger partial charge in [0.2, 0.25) is 0 Å². The molecule has 84 valence electrons. The number of rotatable bonds is 3. The lowest BCUT2D eigenvalue weighted by Crippen LogP contribution is -2.48. The normalized spacial score (nSPS) is 11.4. The second kappa shape index (κ2) is 7.44. The molecule has 0 amide bonds. The van der Waals surface area contributed by atoms with Crippen molar-refractivity contribution in [2.24, 2.45) is 11.7 Å². The predicted molar refractivity (Wildman–Crippen MR) is 62.1 cm³/mol. The van der Waals surface area contributed by atoms with E-state index in [1.165, 1.54) is 0 Å². The Morgan fingerprint density at radius 3 is 2.14 bits per heavy atom. The number of nitrogens with one attached hydrogen (secondary N) is 4. The Morgan fingerprint density at radius 2 is 1.86 bits per heavy atom. The molecule has 0 aromatic heterocycles. The highest BCUT2D eigenvalue weighted by molar-refractivity contribution is 5.94. The van der Waals surface area contributed by atoms with Gasteiger partial charge in [-0.05, 0) is 12.3 Å². The third-order valence-corrected chi connectivity index (χ3v) is 1.83. The highest BCUT2D eigenvalue weighted by Gasteiger charge is 2.11. The van der Waals surface area contributed by atoms with Gasteiger partial charge in [-0.15, -0.1) is 12.4 Å². The first-order chi connectivity index (χ1) is 5.97. The highest BCUT2D eigenvalue weighted by atomic mass is 35.5. The Bertz CT molecular complexity index is 192. The third kappa shape index (κ3) is 6.54. The van der Waals surface area contributed by atoms with Crippen molar-refractivity contribution in [2.45, 2.75) is 33.2 Å². The fraction of sp³-hybridized carbons (Fsp3) is 0.750. The molecule has 0 spiro atoms. The second-order valence-electron chi connectivity index (χ2n) is 3.32. The molecule has 0 aliphatic heterocycles. The third-order valence-electron chi connectivity index (χ3n) is 1.83. The van der Waals surface area contributed by atoms with Crippen LogP contribution < -0.4 is 16.4 Å². The smallest absolute Gasteiger partial charge is 0.195 e. The van der Waals surface area contributed by atoms with E-state index in [2.05, 4.69) is 31.4 Å². The van der Waals surface area contributed by atoms with Gasteiger partial charge in [0, 0.05) is 6.04 Å². The zero-order valence-corrected chi connectivity index (χ0v) is 9.66. The van der Waals surface area contributed by atoms with Crippen LogP contribution in [0.5, 0.6) is 0 Å². The van der Waals surface area contributed by atoms with Crippen LogP contribution in [0.3, 0.4) is 0 Å². The van der Waals surface area contributed by atoms with E-state index in [1.807, 2.05) is 0 Å². The number of nitrogens with two attached hydrogens (primary N) is 1. The summed E-state index contributed by atoms with van der Waals surface area (Å²) in [4.78, 5) is 0. The SMILES string of the molecule is CCC(NC(=N)NC(=N)N)C(C)C.Cl. The van der Waals surface area contributed by atoms with Gasteiger partial charge in [-0.3, -0.25) is 16.1 Å². The summed E-state index contributed by atoms with van der Waals surface area (Å²) in [5.74, 6) is 0.336. The van der Waals surface area contributed by atoms with Crippen molar-refractivity contribution in [2.75, 3.05) is 0 Å². The van der Waals surface area contributed by atoms with Crippen molar-refractivity contribution in [1.82, 2.24) is 10.6 Å². The zero-order chi connectivity index (χ0) is 10.4. The summed E-state index contributed by atoms with van der Waals surface area (Å²) in [7, 11) is 0. The first kappa shape index (κ1) is 15.5. The lowest BCUT2D eigenvalue weighted by molar-refractivity contribution is 0.438. The summed E-state index contributed by atoms with van der Waals surface area (Å²) in [5.41, 5.74) is 5.08. The number of halogens is 1. The summed E-state index contributed by atoms with van der Waals surface area (Å²) in [6, 6.07) is 0.249. The molecule has 0 aliphatic carbocycles. The molecule has 0 fully saturated rings. The molecule has 0 rings (SSSR count). The molecule has 0 aliphatic rings. The van der Waals surface area contributed by atoms with Gasteiger partial charge in [0.1, 0.15) is 0 Å². The molecular weight excluding hydrogens is 202 g/mol. The number of hydrogen-bond donors (Lipinski definition) is 5. The Hall–Kier alpha value is -0.970. The molecule has 0 saturated heterocycles. The Morgan fingerprint density at radius 1 is 1.36 bits per heavy atom. The highest BCUT2D eigenvalue weighted by Crippen LogP contribution is 2.04. The molecule has 0 aromatic rings. The largest absolute Gasteiger partial charge is 0.370 e. The van der Waals surface area contributed by atoms with E-state index in [1.54, 1.807) is 0 Å². The molecule has 0 aromatic carbocycles. The standard InChI is InChI=1S/C8H19N5.ClH/c1-4-6(5(2)3)12-8(11)13-7(9)10;/h5-6H,4H2,1-3H3,(H6,9,10,11,12,13);1H. The van der Waals surface area contributed by atoms with Crippen molar-refractivity contribution in [3.8, 4) is 0 Å². The molecule has 1 atom stereocenters. The van der Waals surface area contributed by atoms with E-state index < -0.39 is 0 Å². The first-order valence-electron chi connectivity index (χ1n) is 4.43. The maximum absolute atomic E-state index is 7.40. The van der Waals surface area contributed by atoms with Gasteiger partial charge in [-0.1, -0.05) is 20.8 Å². The van der Waals surface area contributed by atoms with Gasteiger partial charge >= 0.3 is 0 Å². The fourth-order valence-corrected chi connectivity index (χ4v) is 1.10. The van der Waals surface area contributed by atoms with Crippen LogP contribution in [-0.2, 0) is 0 Å². The molecule has 6 N–H and O–H groups in total. The van der Waals surface area contributed by atoms with Crippen molar-refractivity contribution in [3.05, 3.63) is 0 Å². The summed E-state index contributed by atoms with van der Waals surface area (Å²) in [6.07, 6.45) is 0.944. The summed E-state index contributed by atoms with van der Waals surface area (Å²) >= 11 is 0. The quantitative estimate of drug-likeness (QED) is 0.361. The van der Waals surface area contributed by atoms with E-state index in [-0.39, 0.29) is 30.4 Å². The zero-order valence-electron chi connectivity index (χ0n) is 8.85. The Balaban J connectivity index is 0. The lowest BCUT2D eigenvalue weighted by atomic mass is 10.0. The van der Waals surface area contributed by atoms with Crippen molar-refractivity contribution >= 4 is 24.3 Å². The van der Waals surface area contributed by atoms with Crippen molar-refractivity contribution in [3.63, 3.8) is 0 Å². The summed E-state index contributed by atoms with van der Waals surface area (Å²) < 4.78 is 0. The molecule has 6 heteroatoms. The van der Waals surface area contributed by atoms with Crippen molar-refractivity contribution < 1.29 is 0 Å². The van der Waals surface area contributed by atoms with Crippen LogP contribution in [0, 0.1) is 16.7 Å². The Labute approximate surface area is 91.3 Å². The molecule has 0 bridgehead atoms. The van der Waals surface area contributed by atoms with Gasteiger partial charge in [0.05, 0.1) is 0 Å². The predicted octanol–water partition coefficient (Wildman–Crippen LogP) is 0.850.